The SMILES string of the molecule is Cn1cc(/C=C\C#N)cn1. The van der Waals surface area contributed by atoms with E-state index in [-0.39, 0.29) is 0 Å². The van der Waals surface area contributed by atoms with Crippen LogP contribution in [0, 0.1) is 11.3 Å². The number of allylic oxidation sites excluding steroid dienone is 1. The molecular weight excluding hydrogens is 126 g/mol. The molecule has 3 heteroatoms. The molecule has 0 N–H and O–H groups in total. The summed E-state index contributed by atoms with van der Waals surface area (Å²) in [6.45, 7) is 0. The van der Waals surface area contributed by atoms with Crippen molar-refractivity contribution in [3.05, 3.63) is 24.0 Å². The van der Waals surface area contributed by atoms with Crippen molar-refractivity contribution in [2.75, 3.05) is 0 Å². The van der Waals surface area contributed by atoms with E-state index in [1.165, 1.54) is 6.08 Å². The molecule has 0 atom stereocenters. The van der Waals surface area contributed by atoms with Crippen LogP contribution in [0.25, 0.3) is 6.08 Å². The van der Waals surface area contributed by atoms with Crippen molar-refractivity contribution in [2.45, 2.75) is 0 Å². The number of nitrogens with zero attached hydrogens (tertiary/aromatic N) is 3. The Labute approximate surface area is 59.2 Å². The third-order valence-corrected chi connectivity index (χ3v) is 1.08. The van der Waals surface area contributed by atoms with Crippen molar-refractivity contribution in [1.82, 2.24) is 9.78 Å². The molecule has 0 saturated heterocycles. The van der Waals surface area contributed by atoms with Crippen LogP contribution in [0.2, 0.25) is 0 Å². The topological polar surface area (TPSA) is 41.6 Å². The van der Waals surface area contributed by atoms with Crippen LogP contribution < -0.4 is 0 Å². The number of nitriles is 1. The number of hydrogen-bond acceptors (Lipinski definition) is 2. The Morgan fingerprint density at radius 3 is 3.10 bits per heavy atom. The Hall–Kier alpha value is -1.56. The Morgan fingerprint density at radius 2 is 2.60 bits per heavy atom. The minimum absolute atomic E-state index is 0.948. The van der Waals surface area contributed by atoms with Crippen molar-refractivity contribution in [3.8, 4) is 6.07 Å². The fourth-order valence-electron chi connectivity index (χ4n) is 0.660. The maximum Gasteiger partial charge on any atom is 0.0912 e. The predicted molar refractivity (Wildman–Crippen MR) is 37.9 cm³/mol. The first-order chi connectivity index (χ1) is 4.83. The molecule has 1 rings (SSSR count). The normalized spacial score (nSPS) is 10.0. The quantitative estimate of drug-likeness (QED) is 0.535. The van der Waals surface area contributed by atoms with Crippen molar-refractivity contribution < 1.29 is 0 Å². The highest BCUT2D eigenvalue weighted by Crippen LogP contribution is 1.97. The van der Waals surface area contributed by atoms with Gasteiger partial charge in [0.2, 0.25) is 0 Å². The van der Waals surface area contributed by atoms with Crippen LogP contribution >= 0.6 is 0 Å². The van der Waals surface area contributed by atoms with E-state index in [1.807, 2.05) is 19.3 Å². The molecule has 0 aliphatic rings. The second-order valence-electron chi connectivity index (χ2n) is 1.91. The first kappa shape index (κ1) is 6.56. The highest BCUT2D eigenvalue weighted by atomic mass is 15.2. The van der Waals surface area contributed by atoms with Gasteiger partial charge in [-0.2, -0.15) is 10.4 Å². The summed E-state index contributed by atoms with van der Waals surface area (Å²) >= 11 is 0. The minimum atomic E-state index is 0.948. The molecule has 1 heterocycles. The van der Waals surface area contributed by atoms with Gasteiger partial charge in [-0.05, 0) is 6.08 Å². The zero-order valence-electron chi connectivity index (χ0n) is 5.65. The van der Waals surface area contributed by atoms with Crippen LogP contribution in [-0.4, -0.2) is 9.78 Å². The highest BCUT2D eigenvalue weighted by Gasteiger charge is 1.86. The zero-order chi connectivity index (χ0) is 7.40. The van der Waals surface area contributed by atoms with E-state index in [0.717, 1.165) is 5.56 Å². The molecule has 0 fully saturated rings. The van der Waals surface area contributed by atoms with E-state index >= 15 is 0 Å². The second kappa shape index (κ2) is 2.83. The summed E-state index contributed by atoms with van der Waals surface area (Å²) in [5.41, 5.74) is 0.948. The third-order valence-electron chi connectivity index (χ3n) is 1.08. The molecule has 3 nitrogen and oxygen atoms in total. The van der Waals surface area contributed by atoms with Gasteiger partial charge in [-0.1, -0.05) is 0 Å². The van der Waals surface area contributed by atoms with Crippen LogP contribution in [0.4, 0.5) is 0 Å². The molecule has 0 amide bonds. The van der Waals surface area contributed by atoms with E-state index < -0.39 is 0 Å². The zero-order valence-corrected chi connectivity index (χ0v) is 5.65. The van der Waals surface area contributed by atoms with Crippen LogP contribution in [-0.2, 0) is 7.05 Å². The van der Waals surface area contributed by atoms with Crippen LogP contribution in [0.3, 0.4) is 0 Å². The van der Waals surface area contributed by atoms with Gasteiger partial charge >= 0.3 is 0 Å². The average molecular weight is 133 g/mol. The molecule has 1 aromatic rings. The van der Waals surface area contributed by atoms with E-state index in [4.69, 9.17) is 5.26 Å². The first-order valence-corrected chi connectivity index (χ1v) is 2.88. The largest absolute Gasteiger partial charge is 0.275 e. The first-order valence-electron chi connectivity index (χ1n) is 2.88. The Bertz CT molecular complexity index is 277. The third kappa shape index (κ3) is 1.46. The van der Waals surface area contributed by atoms with Crippen LogP contribution in [0.5, 0.6) is 0 Å². The van der Waals surface area contributed by atoms with Crippen LogP contribution in [0.1, 0.15) is 5.56 Å². The summed E-state index contributed by atoms with van der Waals surface area (Å²) in [6.07, 6.45) is 6.69. The standard InChI is InChI=1S/C7H7N3/c1-10-6-7(5-9-10)3-2-4-8/h2-3,5-6H,1H3/b3-2-. The molecule has 50 valence electrons. The fraction of sp³-hybridized carbons (Fsp3) is 0.143. The summed E-state index contributed by atoms with van der Waals surface area (Å²) in [4.78, 5) is 0. The smallest absolute Gasteiger partial charge is 0.0912 e. The molecule has 0 aliphatic heterocycles. The summed E-state index contributed by atoms with van der Waals surface area (Å²) < 4.78 is 1.69. The van der Waals surface area contributed by atoms with E-state index in [2.05, 4.69) is 5.10 Å². The lowest BCUT2D eigenvalue weighted by atomic mass is 10.3. The maximum atomic E-state index is 8.17. The number of aryl methyl sites for hydroxylation is 1. The highest BCUT2D eigenvalue weighted by molar-refractivity contribution is 5.49. The summed E-state index contributed by atoms with van der Waals surface area (Å²) in [7, 11) is 1.84. The molecule has 0 aromatic carbocycles. The molecule has 10 heavy (non-hydrogen) atoms. The Kier molecular flexibility index (Phi) is 1.86. The van der Waals surface area contributed by atoms with Crippen LogP contribution in [0.15, 0.2) is 18.5 Å². The lowest BCUT2D eigenvalue weighted by Crippen LogP contribution is -1.83. The number of aromatic nitrogens is 2. The van der Waals surface area contributed by atoms with Gasteiger partial charge in [0.05, 0.1) is 12.3 Å². The molecule has 0 unspecified atom stereocenters. The van der Waals surface area contributed by atoms with Gasteiger partial charge in [-0.25, -0.2) is 0 Å². The maximum absolute atomic E-state index is 8.17. The molecule has 0 radical (unpaired) electrons. The summed E-state index contributed by atoms with van der Waals surface area (Å²) in [6, 6.07) is 1.91. The average Bonchev–Trinajstić information content (AvgIpc) is 2.31. The lowest BCUT2D eigenvalue weighted by Gasteiger charge is -1.79. The Morgan fingerprint density at radius 1 is 1.80 bits per heavy atom. The van der Waals surface area contributed by atoms with E-state index in [9.17, 15) is 0 Å². The molecular formula is C7H7N3. The monoisotopic (exact) mass is 133 g/mol. The van der Waals surface area contributed by atoms with Crippen molar-refractivity contribution in [1.29, 1.82) is 5.26 Å². The van der Waals surface area contributed by atoms with Gasteiger partial charge in [0, 0.05) is 24.9 Å². The molecule has 1 aromatic heterocycles. The molecule has 0 spiro atoms. The van der Waals surface area contributed by atoms with Gasteiger partial charge in [-0.15, -0.1) is 0 Å². The minimum Gasteiger partial charge on any atom is -0.275 e. The van der Waals surface area contributed by atoms with Crippen molar-refractivity contribution in [3.63, 3.8) is 0 Å². The Balaban J connectivity index is 2.78. The van der Waals surface area contributed by atoms with Gasteiger partial charge < -0.3 is 0 Å². The van der Waals surface area contributed by atoms with E-state index in [0.29, 0.717) is 0 Å². The molecule has 0 saturated carbocycles. The second-order valence-corrected chi connectivity index (χ2v) is 1.91. The number of rotatable bonds is 1. The fourth-order valence-corrected chi connectivity index (χ4v) is 0.660. The van der Waals surface area contributed by atoms with Gasteiger partial charge in [0.15, 0.2) is 0 Å². The molecule has 0 bridgehead atoms. The van der Waals surface area contributed by atoms with Crippen molar-refractivity contribution in [2.24, 2.45) is 7.05 Å². The van der Waals surface area contributed by atoms with Crippen molar-refractivity contribution >= 4 is 6.08 Å². The van der Waals surface area contributed by atoms with Gasteiger partial charge in [0.1, 0.15) is 0 Å². The molecule has 0 aliphatic carbocycles. The lowest BCUT2D eigenvalue weighted by molar-refractivity contribution is 0.767. The van der Waals surface area contributed by atoms with E-state index in [1.54, 1.807) is 17.0 Å². The summed E-state index contributed by atoms with van der Waals surface area (Å²) in [5, 5.41) is 12.1. The number of hydrogen-bond donors (Lipinski definition) is 0. The van der Waals surface area contributed by atoms with Gasteiger partial charge in [-0.3, -0.25) is 4.68 Å². The van der Waals surface area contributed by atoms with Gasteiger partial charge in [0.25, 0.3) is 0 Å². The predicted octanol–water partition coefficient (Wildman–Crippen LogP) is 0.957. The summed E-state index contributed by atoms with van der Waals surface area (Å²) in [5.74, 6) is 0.